The number of rotatable bonds is 9. The van der Waals surface area contributed by atoms with Gasteiger partial charge in [-0.1, -0.05) is 25.4 Å². The van der Waals surface area contributed by atoms with Crippen LogP contribution < -0.4 is 14.8 Å². The zero-order valence-electron chi connectivity index (χ0n) is 11.8. The maximum Gasteiger partial charge on any atom is 0.165 e. The molecule has 0 saturated carbocycles. The van der Waals surface area contributed by atoms with Crippen LogP contribution in [0.5, 0.6) is 11.5 Å². The number of hydrogen-bond donors (Lipinski definition) is 1. The molecule has 1 aromatic carbocycles. The summed E-state index contributed by atoms with van der Waals surface area (Å²) >= 11 is 7.96. The number of hydrogen-bond acceptors (Lipinski definition) is 4. The van der Waals surface area contributed by atoms with Crippen LogP contribution in [0.2, 0.25) is 5.02 Å². The molecular weight excluding hydrogens is 282 g/mol. The topological polar surface area (TPSA) is 30.5 Å². The fraction of sp³-hybridized carbons (Fsp3) is 0.571. The lowest BCUT2D eigenvalue weighted by Gasteiger charge is -2.16. The fourth-order valence-corrected chi connectivity index (χ4v) is 2.40. The van der Waals surface area contributed by atoms with E-state index in [2.05, 4.69) is 19.2 Å². The Labute approximate surface area is 125 Å². The Balaban J connectivity index is 2.82. The first-order valence-corrected chi connectivity index (χ1v) is 8.03. The van der Waals surface area contributed by atoms with Crippen molar-refractivity contribution < 1.29 is 9.47 Å². The zero-order chi connectivity index (χ0) is 14.1. The third-order valence-corrected chi connectivity index (χ3v) is 3.64. The van der Waals surface area contributed by atoms with Gasteiger partial charge >= 0.3 is 0 Å². The summed E-state index contributed by atoms with van der Waals surface area (Å²) in [4.78, 5) is 0. The van der Waals surface area contributed by atoms with E-state index in [0.29, 0.717) is 17.4 Å². The molecule has 0 radical (unpaired) electrons. The Morgan fingerprint density at radius 1 is 1.32 bits per heavy atom. The first-order chi connectivity index (χ1) is 9.22. The predicted octanol–water partition coefficient (Wildman–Crippen LogP) is 3.59. The van der Waals surface area contributed by atoms with Gasteiger partial charge in [-0.3, -0.25) is 0 Å². The van der Waals surface area contributed by atoms with Crippen molar-refractivity contribution in [1.82, 2.24) is 5.32 Å². The molecule has 1 rings (SSSR count). The highest BCUT2D eigenvalue weighted by atomic mass is 35.5. The molecule has 3 nitrogen and oxygen atoms in total. The Hall–Kier alpha value is -0.580. The summed E-state index contributed by atoms with van der Waals surface area (Å²) in [6.45, 7) is 6.52. The minimum Gasteiger partial charge on any atom is -0.493 e. The lowest BCUT2D eigenvalue weighted by Crippen LogP contribution is -2.14. The number of methoxy groups -OCH3 is 1. The van der Waals surface area contributed by atoms with Gasteiger partial charge in [-0.15, -0.1) is 0 Å². The lowest BCUT2D eigenvalue weighted by molar-refractivity contribution is 0.309. The first kappa shape index (κ1) is 16.5. The molecule has 5 heteroatoms. The van der Waals surface area contributed by atoms with Crippen LogP contribution in [-0.4, -0.2) is 31.8 Å². The van der Waals surface area contributed by atoms with Crippen molar-refractivity contribution in [1.29, 1.82) is 0 Å². The van der Waals surface area contributed by atoms with Gasteiger partial charge in [-0.05, 0) is 18.4 Å². The molecule has 0 aliphatic carbocycles. The molecule has 1 N–H and O–H groups in total. The van der Waals surface area contributed by atoms with Crippen LogP contribution in [0.1, 0.15) is 19.4 Å². The summed E-state index contributed by atoms with van der Waals surface area (Å²) in [7, 11) is 1.64. The Morgan fingerprint density at radius 2 is 2.11 bits per heavy atom. The number of thioether (sulfide) groups is 1. The monoisotopic (exact) mass is 303 g/mol. The molecule has 1 aromatic rings. The van der Waals surface area contributed by atoms with Gasteiger partial charge in [0.1, 0.15) is 0 Å². The van der Waals surface area contributed by atoms with Gasteiger partial charge < -0.3 is 14.8 Å². The van der Waals surface area contributed by atoms with Crippen LogP contribution in [0.3, 0.4) is 0 Å². The van der Waals surface area contributed by atoms with E-state index >= 15 is 0 Å². The molecule has 0 amide bonds. The molecule has 0 fully saturated rings. The molecule has 108 valence electrons. The summed E-state index contributed by atoms with van der Waals surface area (Å²) in [5.41, 5.74) is 1.03. The molecule has 0 bridgehead atoms. The predicted molar refractivity (Wildman–Crippen MR) is 83.9 cm³/mol. The summed E-state index contributed by atoms with van der Waals surface area (Å²) in [5.74, 6) is 3.57. The highest BCUT2D eigenvalue weighted by Gasteiger charge is 2.12. The molecule has 0 atom stereocenters. The summed E-state index contributed by atoms with van der Waals surface area (Å²) in [6, 6.07) is 3.72. The smallest absolute Gasteiger partial charge is 0.165 e. The first-order valence-electron chi connectivity index (χ1n) is 6.50. The van der Waals surface area contributed by atoms with Crippen LogP contribution in [-0.2, 0) is 6.54 Å². The van der Waals surface area contributed by atoms with Crippen LogP contribution in [0.15, 0.2) is 12.1 Å². The lowest BCUT2D eigenvalue weighted by atomic mass is 10.2. The summed E-state index contributed by atoms with van der Waals surface area (Å²) in [6.07, 6.45) is 0. The maximum atomic E-state index is 6.10. The van der Waals surface area contributed by atoms with Crippen LogP contribution in [0.25, 0.3) is 0 Å². The molecule has 0 aliphatic rings. The van der Waals surface area contributed by atoms with Crippen molar-refractivity contribution >= 4 is 23.4 Å². The van der Waals surface area contributed by atoms with E-state index in [1.165, 1.54) is 0 Å². The second kappa shape index (κ2) is 9.34. The Morgan fingerprint density at radius 3 is 2.74 bits per heavy atom. The maximum absolute atomic E-state index is 6.10. The molecule has 0 aromatic heterocycles. The van der Waals surface area contributed by atoms with E-state index in [1.807, 2.05) is 17.8 Å². The molecule has 0 saturated heterocycles. The fourth-order valence-electron chi connectivity index (χ4n) is 1.68. The minimum atomic E-state index is 0.667. The second-order valence-electron chi connectivity index (χ2n) is 3.92. The molecule has 0 spiro atoms. The number of ether oxygens (including phenoxy) is 2. The van der Waals surface area contributed by atoms with E-state index in [0.717, 1.165) is 35.9 Å². The van der Waals surface area contributed by atoms with Crippen LogP contribution >= 0.6 is 23.4 Å². The molecule has 0 aliphatic heterocycles. The SMILES string of the molecule is CCNCc1cc(Cl)cc(OC)c1OCCSCC. The molecule has 0 heterocycles. The minimum absolute atomic E-state index is 0.667. The van der Waals surface area contributed by atoms with Gasteiger partial charge in [0.2, 0.25) is 0 Å². The number of nitrogens with one attached hydrogen (secondary N) is 1. The van der Waals surface area contributed by atoms with E-state index < -0.39 is 0 Å². The van der Waals surface area contributed by atoms with Gasteiger partial charge in [0.25, 0.3) is 0 Å². The van der Waals surface area contributed by atoms with E-state index in [1.54, 1.807) is 13.2 Å². The second-order valence-corrected chi connectivity index (χ2v) is 5.75. The highest BCUT2D eigenvalue weighted by molar-refractivity contribution is 7.99. The molecular formula is C14H22ClNO2S. The van der Waals surface area contributed by atoms with Gasteiger partial charge in [0, 0.05) is 29.0 Å². The standard InChI is InChI=1S/C14H22ClNO2S/c1-4-16-10-11-8-12(15)9-13(17-3)14(11)18-6-7-19-5-2/h8-9,16H,4-7,10H2,1-3H3. The number of benzene rings is 1. The molecule has 19 heavy (non-hydrogen) atoms. The average Bonchev–Trinajstić information content (AvgIpc) is 2.42. The van der Waals surface area contributed by atoms with E-state index in [4.69, 9.17) is 21.1 Å². The Bertz CT molecular complexity index is 388. The van der Waals surface area contributed by atoms with Crippen LogP contribution in [0.4, 0.5) is 0 Å². The average molecular weight is 304 g/mol. The van der Waals surface area contributed by atoms with Crippen molar-refractivity contribution in [2.24, 2.45) is 0 Å². The quantitative estimate of drug-likeness (QED) is 0.706. The van der Waals surface area contributed by atoms with Gasteiger partial charge in [0.15, 0.2) is 11.5 Å². The van der Waals surface area contributed by atoms with Gasteiger partial charge in [-0.25, -0.2) is 0 Å². The third kappa shape index (κ3) is 5.51. The van der Waals surface area contributed by atoms with Crippen LogP contribution in [0, 0.1) is 0 Å². The number of halogens is 1. The van der Waals surface area contributed by atoms with Crippen molar-refractivity contribution in [3.8, 4) is 11.5 Å². The van der Waals surface area contributed by atoms with E-state index in [-0.39, 0.29) is 0 Å². The summed E-state index contributed by atoms with van der Waals surface area (Å²) in [5, 5.41) is 3.95. The summed E-state index contributed by atoms with van der Waals surface area (Å²) < 4.78 is 11.2. The highest BCUT2D eigenvalue weighted by Crippen LogP contribution is 2.34. The normalized spacial score (nSPS) is 10.5. The zero-order valence-corrected chi connectivity index (χ0v) is 13.4. The van der Waals surface area contributed by atoms with Crippen molar-refractivity contribution in [2.45, 2.75) is 20.4 Å². The van der Waals surface area contributed by atoms with Crippen molar-refractivity contribution in [3.63, 3.8) is 0 Å². The van der Waals surface area contributed by atoms with Crippen molar-refractivity contribution in [3.05, 3.63) is 22.7 Å². The van der Waals surface area contributed by atoms with Gasteiger partial charge in [0.05, 0.1) is 13.7 Å². The largest absolute Gasteiger partial charge is 0.493 e. The molecule has 0 unspecified atom stereocenters. The third-order valence-electron chi connectivity index (χ3n) is 2.56. The van der Waals surface area contributed by atoms with E-state index in [9.17, 15) is 0 Å². The van der Waals surface area contributed by atoms with Crippen molar-refractivity contribution in [2.75, 3.05) is 31.8 Å². The Kier molecular flexibility index (Phi) is 8.10. The van der Waals surface area contributed by atoms with Gasteiger partial charge in [-0.2, -0.15) is 11.8 Å².